The molecule has 0 amide bonds. The highest BCUT2D eigenvalue weighted by atomic mass is 16.7. The predicted molar refractivity (Wildman–Crippen MR) is 136 cm³/mol. The summed E-state index contributed by atoms with van der Waals surface area (Å²) in [5.74, 6) is -3.61. The van der Waals surface area contributed by atoms with E-state index in [-0.39, 0.29) is 34.2 Å². The van der Waals surface area contributed by atoms with Crippen LogP contribution in [0.25, 0.3) is 0 Å². The van der Waals surface area contributed by atoms with E-state index >= 15 is 0 Å². The Morgan fingerprint density at radius 3 is 2.50 bits per heavy atom. The molecule has 0 radical (unpaired) electrons. The molecule has 0 aromatic heterocycles. The summed E-state index contributed by atoms with van der Waals surface area (Å²) in [6.07, 6.45) is -4.89. The zero-order valence-corrected chi connectivity index (χ0v) is 21.9. The average molecular weight is 558 g/mol. The first-order chi connectivity index (χ1) is 18.9. The van der Waals surface area contributed by atoms with Crippen LogP contribution in [0.5, 0.6) is 11.5 Å². The van der Waals surface area contributed by atoms with Gasteiger partial charge in [0.15, 0.2) is 23.6 Å². The van der Waals surface area contributed by atoms with Crippen LogP contribution in [-0.4, -0.2) is 86.7 Å². The highest BCUT2D eigenvalue weighted by Crippen LogP contribution is 2.52. The number of carbonyl (C=O) groups is 3. The van der Waals surface area contributed by atoms with Crippen LogP contribution in [0, 0.1) is 0 Å². The topological polar surface area (TPSA) is 206 Å². The fourth-order valence-electron chi connectivity index (χ4n) is 5.93. The zero-order chi connectivity index (χ0) is 29.1. The Bertz CT molecular complexity index is 1390. The van der Waals surface area contributed by atoms with Crippen LogP contribution < -0.4 is 5.73 Å². The second-order valence-electron chi connectivity index (χ2n) is 10.5. The highest BCUT2D eigenvalue weighted by Gasteiger charge is 2.50. The van der Waals surface area contributed by atoms with Gasteiger partial charge >= 0.3 is 0 Å². The molecule has 12 nitrogen and oxygen atoms in total. The van der Waals surface area contributed by atoms with Crippen LogP contribution in [-0.2, 0) is 32.0 Å². The molecule has 0 unspecified atom stereocenters. The van der Waals surface area contributed by atoms with Crippen molar-refractivity contribution in [3.8, 4) is 11.5 Å². The number of phenolic OH excluding ortho intramolecular Hbond substituents is 2. The van der Waals surface area contributed by atoms with Crippen molar-refractivity contribution in [2.45, 2.75) is 69.0 Å². The van der Waals surface area contributed by atoms with Crippen molar-refractivity contribution < 1.29 is 54.1 Å². The van der Waals surface area contributed by atoms with Crippen molar-refractivity contribution in [3.63, 3.8) is 0 Å². The SMILES string of the molecule is COCC(=O)[C@]1(O)Cc2c(O)c3c(c(O)c2[C@@H](O[C@H]2C[C@H](N)[C@H](O)[C@H](C)O2)C1)C(=O)c1c(CO)cccc1C3=O. The van der Waals surface area contributed by atoms with Gasteiger partial charge in [0.05, 0.1) is 36.0 Å². The van der Waals surface area contributed by atoms with Crippen molar-refractivity contribution in [1.82, 2.24) is 0 Å². The second-order valence-corrected chi connectivity index (χ2v) is 10.5. The minimum atomic E-state index is -2.13. The van der Waals surface area contributed by atoms with Crippen molar-refractivity contribution in [1.29, 1.82) is 0 Å². The average Bonchev–Trinajstić information content (AvgIpc) is 2.91. The first-order valence-electron chi connectivity index (χ1n) is 12.8. The van der Waals surface area contributed by atoms with E-state index in [0.717, 1.165) is 0 Å². The molecule has 6 atom stereocenters. The Labute approximate surface area is 228 Å². The highest BCUT2D eigenvalue weighted by molar-refractivity contribution is 6.31. The number of Topliss-reactive ketones (excluding diaryl/α,β-unsaturated/α-hetero) is 1. The number of hydrogen-bond donors (Lipinski definition) is 6. The molecule has 2 aromatic carbocycles. The minimum absolute atomic E-state index is 0.0319. The maximum absolute atomic E-state index is 13.7. The summed E-state index contributed by atoms with van der Waals surface area (Å²) in [4.78, 5) is 40.2. The molecule has 1 fully saturated rings. The molecular weight excluding hydrogens is 526 g/mol. The lowest BCUT2D eigenvalue weighted by molar-refractivity contribution is -0.247. The standard InChI is InChI=1S/C28H31NO11/c1-11-23(32)15(29)6-18(39-11)40-16-8-28(37,17(31)10-38-2)7-14-20(16)27(36)22-21(25(14)34)24(33)13-5-3-4-12(9-30)19(13)26(22)35/h3-5,11,15-16,18,23,30,32,34,36-37H,6-10,29H2,1-2H3/t11-,15-,16-,18-,23+,28-/m0/s1. The maximum atomic E-state index is 13.7. The van der Waals surface area contributed by atoms with Crippen LogP contribution in [0.4, 0.5) is 0 Å². The lowest BCUT2D eigenvalue weighted by atomic mass is 9.71. The maximum Gasteiger partial charge on any atom is 0.198 e. The molecule has 2 aliphatic carbocycles. The third-order valence-corrected chi connectivity index (χ3v) is 8.01. The molecular formula is C28H31NO11. The van der Waals surface area contributed by atoms with Gasteiger partial charge < -0.3 is 45.5 Å². The third kappa shape index (κ3) is 4.32. The van der Waals surface area contributed by atoms with Gasteiger partial charge in [-0.25, -0.2) is 0 Å². The summed E-state index contributed by atoms with van der Waals surface area (Å²) in [6, 6.07) is 3.60. The fraction of sp³-hybridized carbons (Fsp3) is 0.464. The number of aliphatic hydroxyl groups excluding tert-OH is 2. The van der Waals surface area contributed by atoms with E-state index in [1.165, 1.54) is 25.3 Å². The van der Waals surface area contributed by atoms with Gasteiger partial charge in [-0.3, -0.25) is 14.4 Å². The van der Waals surface area contributed by atoms with Gasteiger partial charge in [0.1, 0.15) is 23.7 Å². The Hall–Kier alpha value is -3.23. The summed E-state index contributed by atoms with van der Waals surface area (Å²) in [7, 11) is 1.28. The molecule has 2 aromatic rings. The van der Waals surface area contributed by atoms with Gasteiger partial charge in [-0.2, -0.15) is 0 Å². The van der Waals surface area contributed by atoms with Gasteiger partial charge in [0, 0.05) is 54.7 Å². The Balaban J connectivity index is 1.68. The van der Waals surface area contributed by atoms with Crippen molar-refractivity contribution in [3.05, 3.63) is 57.1 Å². The number of methoxy groups -OCH3 is 1. The van der Waals surface area contributed by atoms with E-state index in [0.29, 0.717) is 0 Å². The largest absolute Gasteiger partial charge is 0.507 e. The molecule has 1 aliphatic heterocycles. The number of rotatable bonds is 6. The molecule has 3 aliphatic rings. The van der Waals surface area contributed by atoms with E-state index in [1.807, 2.05) is 0 Å². The van der Waals surface area contributed by atoms with E-state index in [4.69, 9.17) is 19.9 Å². The lowest BCUT2D eigenvalue weighted by Crippen LogP contribution is -2.53. The summed E-state index contributed by atoms with van der Waals surface area (Å²) in [6.45, 7) is 0.589. The summed E-state index contributed by atoms with van der Waals surface area (Å²) in [5, 5.41) is 54.3. The van der Waals surface area contributed by atoms with Crippen LogP contribution in [0.1, 0.15) is 74.4 Å². The molecule has 1 heterocycles. The smallest absolute Gasteiger partial charge is 0.198 e. The normalized spacial score (nSPS) is 29.5. The number of ether oxygens (including phenoxy) is 3. The van der Waals surface area contributed by atoms with E-state index in [2.05, 4.69) is 0 Å². The van der Waals surface area contributed by atoms with Gasteiger partial charge in [-0.05, 0) is 12.5 Å². The number of aromatic hydroxyl groups is 2. The number of hydrogen-bond acceptors (Lipinski definition) is 12. The van der Waals surface area contributed by atoms with Crippen molar-refractivity contribution in [2.24, 2.45) is 5.73 Å². The molecule has 0 saturated carbocycles. The van der Waals surface area contributed by atoms with Gasteiger partial charge in [0.25, 0.3) is 0 Å². The molecule has 5 rings (SSSR count). The number of aliphatic hydroxyl groups is 3. The third-order valence-electron chi connectivity index (χ3n) is 8.01. The second kappa shape index (κ2) is 10.3. The summed E-state index contributed by atoms with van der Waals surface area (Å²) >= 11 is 0. The van der Waals surface area contributed by atoms with Gasteiger partial charge in [-0.15, -0.1) is 0 Å². The fourth-order valence-corrected chi connectivity index (χ4v) is 5.93. The molecule has 40 heavy (non-hydrogen) atoms. The first-order valence-corrected chi connectivity index (χ1v) is 12.8. The number of carbonyl (C=O) groups excluding carboxylic acids is 3. The van der Waals surface area contributed by atoms with Crippen LogP contribution in [0.15, 0.2) is 18.2 Å². The number of benzene rings is 2. The quantitative estimate of drug-likeness (QED) is 0.224. The molecule has 7 N–H and O–H groups in total. The molecule has 0 bridgehead atoms. The van der Waals surface area contributed by atoms with E-state index in [9.17, 15) is 39.9 Å². The Morgan fingerprint density at radius 2 is 1.85 bits per heavy atom. The Morgan fingerprint density at radius 1 is 1.15 bits per heavy atom. The molecule has 1 saturated heterocycles. The van der Waals surface area contributed by atoms with Crippen LogP contribution >= 0.6 is 0 Å². The summed E-state index contributed by atoms with van der Waals surface area (Å²) in [5.41, 5.74) is 2.73. The van der Waals surface area contributed by atoms with Gasteiger partial charge in [-0.1, -0.05) is 18.2 Å². The predicted octanol–water partition coefficient (Wildman–Crippen LogP) is 0.139. The van der Waals surface area contributed by atoms with Crippen LogP contribution in [0.2, 0.25) is 0 Å². The molecule has 214 valence electrons. The van der Waals surface area contributed by atoms with Crippen molar-refractivity contribution >= 4 is 17.3 Å². The monoisotopic (exact) mass is 557 g/mol. The lowest BCUT2D eigenvalue weighted by Gasteiger charge is -2.42. The number of phenols is 2. The number of fused-ring (bicyclic) bond motifs is 3. The summed E-state index contributed by atoms with van der Waals surface area (Å²) < 4.78 is 16.7. The molecule has 0 spiro atoms. The molecule has 12 heteroatoms. The minimum Gasteiger partial charge on any atom is -0.507 e. The zero-order valence-electron chi connectivity index (χ0n) is 21.9. The van der Waals surface area contributed by atoms with E-state index < -0.39 is 102 Å². The Kier molecular flexibility index (Phi) is 7.29. The number of nitrogens with two attached hydrogens (primary N) is 1. The first kappa shape index (κ1) is 28.3. The van der Waals surface area contributed by atoms with Gasteiger partial charge in [0.2, 0.25) is 0 Å². The number of ketones is 3. The van der Waals surface area contributed by atoms with E-state index in [1.54, 1.807) is 6.92 Å². The van der Waals surface area contributed by atoms with Crippen molar-refractivity contribution in [2.75, 3.05) is 13.7 Å². The van der Waals surface area contributed by atoms with Crippen LogP contribution in [0.3, 0.4) is 0 Å².